The van der Waals surface area contributed by atoms with Crippen LogP contribution in [0.15, 0.2) is 48.5 Å². The molecule has 0 heterocycles. The summed E-state index contributed by atoms with van der Waals surface area (Å²) >= 11 is 0. The molecule has 0 radical (unpaired) electrons. The second-order valence-corrected chi connectivity index (χ2v) is 3.30. The van der Waals surface area contributed by atoms with Crippen LogP contribution in [0.25, 0.3) is 0 Å². The maximum atomic E-state index is 12.8. The van der Waals surface area contributed by atoms with Crippen LogP contribution in [0.4, 0.5) is 8.78 Å². The van der Waals surface area contributed by atoms with Gasteiger partial charge in [-0.2, -0.15) is 8.78 Å². The van der Waals surface area contributed by atoms with E-state index in [0.717, 1.165) is 6.07 Å². The fourth-order valence-corrected chi connectivity index (χ4v) is 1.17. The Balaban J connectivity index is 0.000000225. The van der Waals surface area contributed by atoms with Crippen molar-refractivity contribution in [3.05, 3.63) is 60.2 Å². The van der Waals surface area contributed by atoms with E-state index in [0.29, 0.717) is 0 Å². The highest BCUT2D eigenvalue weighted by Crippen LogP contribution is 2.26. The monoisotopic (exact) mass is 252 g/mol. The van der Waals surface area contributed by atoms with Gasteiger partial charge in [0, 0.05) is 0 Å². The van der Waals surface area contributed by atoms with Crippen molar-refractivity contribution in [3.63, 3.8) is 0 Å². The van der Waals surface area contributed by atoms with Gasteiger partial charge in [0.1, 0.15) is 0 Å². The summed E-state index contributed by atoms with van der Waals surface area (Å²) in [5, 5.41) is 8.72. The Morgan fingerprint density at radius 2 is 1.44 bits per heavy atom. The first-order valence-corrected chi connectivity index (χ1v) is 5.46. The Morgan fingerprint density at radius 1 is 0.944 bits per heavy atom. The summed E-state index contributed by atoms with van der Waals surface area (Å²) < 4.78 is 30.1. The molecule has 0 atom stereocenters. The van der Waals surface area contributed by atoms with E-state index in [9.17, 15) is 8.78 Å². The van der Waals surface area contributed by atoms with Crippen LogP contribution in [-0.4, -0.2) is 11.7 Å². The molecule has 0 unspecified atom stereocenters. The highest BCUT2D eigenvalue weighted by atomic mass is 19.2. The van der Waals surface area contributed by atoms with E-state index in [1.54, 1.807) is 6.92 Å². The summed E-state index contributed by atoms with van der Waals surface area (Å²) in [6.07, 6.45) is 0. The normalized spacial score (nSPS) is 9.28. The van der Waals surface area contributed by atoms with Crippen molar-refractivity contribution in [2.45, 2.75) is 6.92 Å². The van der Waals surface area contributed by atoms with Gasteiger partial charge in [-0.25, -0.2) is 0 Å². The van der Waals surface area contributed by atoms with Crippen LogP contribution < -0.4 is 4.74 Å². The predicted octanol–water partition coefficient (Wildman–Crippen LogP) is 3.76. The van der Waals surface area contributed by atoms with Crippen LogP contribution in [0, 0.1) is 11.6 Å². The summed E-state index contributed by atoms with van der Waals surface area (Å²) in [5.74, 6) is -3.33. The second kappa shape index (κ2) is 7.27. The molecule has 0 aliphatic carbocycles. The lowest BCUT2D eigenvalue weighted by Crippen LogP contribution is -1.96. The van der Waals surface area contributed by atoms with Crippen LogP contribution in [0.1, 0.15) is 6.92 Å². The van der Waals surface area contributed by atoms with Gasteiger partial charge in [0.2, 0.25) is 11.6 Å². The quantitative estimate of drug-likeness (QED) is 0.881. The molecule has 0 amide bonds. The molecular formula is C14H14F2O2. The van der Waals surface area contributed by atoms with Crippen molar-refractivity contribution in [2.24, 2.45) is 0 Å². The first kappa shape index (κ1) is 14.0. The summed E-state index contributed by atoms with van der Waals surface area (Å²) in [4.78, 5) is 0. The lowest BCUT2D eigenvalue weighted by Gasteiger charge is -2.04. The summed E-state index contributed by atoms with van der Waals surface area (Å²) in [7, 11) is 0. The van der Waals surface area contributed by atoms with Gasteiger partial charge in [0.15, 0.2) is 11.5 Å². The largest absolute Gasteiger partial charge is 0.505 e. The lowest BCUT2D eigenvalue weighted by atomic mass is 10.3. The minimum Gasteiger partial charge on any atom is -0.505 e. The third-order valence-electron chi connectivity index (χ3n) is 1.99. The van der Waals surface area contributed by atoms with E-state index in [1.807, 2.05) is 36.4 Å². The number of ether oxygens (including phenoxy) is 1. The van der Waals surface area contributed by atoms with Gasteiger partial charge < -0.3 is 9.84 Å². The van der Waals surface area contributed by atoms with Crippen LogP contribution in [0.3, 0.4) is 0 Å². The number of hydrogen-bond donors (Lipinski definition) is 1. The SMILES string of the molecule is CCOc1ccc(O)c(F)c1F.c1ccccc1. The highest BCUT2D eigenvalue weighted by molar-refractivity contribution is 5.33. The molecule has 18 heavy (non-hydrogen) atoms. The number of hydrogen-bond acceptors (Lipinski definition) is 2. The van der Waals surface area contributed by atoms with Crippen LogP contribution >= 0.6 is 0 Å². The molecule has 0 aliphatic heterocycles. The Labute approximate surface area is 104 Å². The van der Waals surface area contributed by atoms with Crippen molar-refractivity contribution in [1.29, 1.82) is 0 Å². The van der Waals surface area contributed by atoms with Gasteiger partial charge >= 0.3 is 0 Å². The lowest BCUT2D eigenvalue weighted by molar-refractivity contribution is 0.308. The minimum absolute atomic E-state index is 0.187. The molecule has 2 rings (SSSR count). The summed E-state index contributed by atoms with van der Waals surface area (Å²) in [5.41, 5.74) is 0. The molecule has 0 bridgehead atoms. The van der Waals surface area contributed by atoms with Crippen LogP contribution in [0.5, 0.6) is 11.5 Å². The molecule has 0 saturated heterocycles. The molecule has 0 saturated carbocycles. The molecule has 1 N–H and O–H groups in total. The third kappa shape index (κ3) is 4.05. The van der Waals surface area contributed by atoms with Gasteiger partial charge in [-0.1, -0.05) is 36.4 Å². The standard InChI is InChI=1S/C8H8F2O2.C6H6/c1-2-12-6-4-3-5(11)7(9)8(6)10;1-2-4-6-5-3-1/h3-4,11H,2H2,1H3;1-6H. The maximum absolute atomic E-state index is 12.8. The molecule has 2 aromatic rings. The topological polar surface area (TPSA) is 29.5 Å². The molecule has 0 aromatic heterocycles. The van der Waals surface area contributed by atoms with Crippen molar-refractivity contribution in [3.8, 4) is 11.5 Å². The van der Waals surface area contributed by atoms with Crippen molar-refractivity contribution in [1.82, 2.24) is 0 Å². The smallest absolute Gasteiger partial charge is 0.204 e. The summed E-state index contributed by atoms with van der Waals surface area (Å²) in [6, 6.07) is 14.2. The number of halogens is 2. The number of phenols is 1. The molecule has 4 heteroatoms. The third-order valence-corrected chi connectivity index (χ3v) is 1.99. The van der Waals surface area contributed by atoms with Gasteiger partial charge in [0.05, 0.1) is 6.61 Å². The molecule has 0 spiro atoms. The minimum atomic E-state index is -1.28. The number of benzene rings is 2. The van der Waals surface area contributed by atoms with E-state index in [-0.39, 0.29) is 12.4 Å². The average Bonchev–Trinajstić information content (AvgIpc) is 2.42. The number of rotatable bonds is 2. The van der Waals surface area contributed by atoms with Gasteiger partial charge in [-0.3, -0.25) is 0 Å². The first-order valence-electron chi connectivity index (χ1n) is 5.46. The fraction of sp³-hybridized carbons (Fsp3) is 0.143. The zero-order chi connectivity index (χ0) is 13.4. The van der Waals surface area contributed by atoms with Gasteiger partial charge in [-0.05, 0) is 19.1 Å². The van der Waals surface area contributed by atoms with Crippen LogP contribution in [-0.2, 0) is 0 Å². The first-order chi connectivity index (χ1) is 8.66. The zero-order valence-electron chi connectivity index (χ0n) is 9.94. The number of phenolic OH excluding ortho intramolecular Hbond substituents is 1. The van der Waals surface area contributed by atoms with E-state index >= 15 is 0 Å². The molecule has 0 aliphatic rings. The van der Waals surface area contributed by atoms with Gasteiger partial charge in [-0.15, -0.1) is 0 Å². The molecule has 96 valence electrons. The number of aromatic hydroxyl groups is 1. The van der Waals surface area contributed by atoms with Crippen molar-refractivity contribution < 1.29 is 18.6 Å². The van der Waals surface area contributed by atoms with E-state index in [2.05, 4.69) is 0 Å². The van der Waals surface area contributed by atoms with Gasteiger partial charge in [0.25, 0.3) is 0 Å². The Bertz CT molecular complexity index is 446. The molecular weight excluding hydrogens is 238 g/mol. The molecule has 0 fully saturated rings. The maximum Gasteiger partial charge on any atom is 0.204 e. The predicted molar refractivity (Wildman–Crippen MR) is 65.6 cm³/mol. The van der Waals surface area contributed by atoms with Crippen molar-refractivity contribution in [2.75, 3.05) is 6.61 Å². The average molecular weight is 252 g/mol. The van der Waals surface area contributed by atoms with E-state index in [4.69, 9.17) is 9.84 Å². The molecule has 2 nitrogen and oxygen atoms in total. The van der Waals surface area contributed by atoms with E-state index < -0.39 is 17.4 Å². The molecule has 2 aromatic carbocycles. The zero-order valence-corrected chi connectivity index (χ0v) is 9.94. The van der Waals surface area contributed by atoms with Crippen LogP contribution in [0.2, 0.25) is 0 Å². The fourth-order valence-electron chi connectivity index (χ4n) is 1.17. The van der Waals surface area contributed by atoms with E-state index in [1.165, 1.54) is 6.07 Å². The Kier molecular flexibility index (Phi) is 5.64. The summed E-state index contributed by atoms with van der Waals surface area (Å²) in [6.45, 7) is 1.91. The second-order valence-electron chi connectivity index (χ2n) is 3.30. The highest BCUT2D eigenvalue weighted by Gasteiger charge is 2.12. The van der Waals surface area contributed by atoms with Crippen molar-refractivity contribution >= 4 is 0 Å². The Morgan fingerprint density at radius 3 is 1.89 bits per heavy atom. The Hall–Kier alpha value is -2.10.